The van der Waals surface area contributed by atoms with Crippen molar-refractivity contribution >= 4 is 28.6 Å². The molecule has 6 heteroatoms. The van der Waals surface area contributed by atoms with Gasteiger partial charge in [-0.05, 0) is 0 Å². The van der Waals surface area contributed by atoms with E-state index in [-0.39, 0.29) is 0 Å². The van der Waals surface area contributed by atoms with Crippen LogP contribution >= 0.6 is 11.6 Å². The highest BCUT2D eigenvalue weighted by molar-refractivity contribution is 6.17. The minimum atomic E-state index is 0.401. The van der Waals surface area contributed by atoms with Crippen molar-refractivity contribution < 1.29 is 0 Å². The van der Waals surface area contributed by atoms with Gasteiger partial charge in [-0.25, -0.2) is 15.0 Å². The number of halogens is 1. The molecule has 0 spiro atoms. The van der Waals surface area contributed by atoms with Crippen molar-refractivity contribution in [3.05, 3.63) is 12.7 Å². The number of hydrogen-bond acceptors (Lipinski definition) is 4. The lowest BCUT2D eigenvalue weighted by Crippen LogP contribution is -1.99. The van der Waals surface area contributed by atoms with E-state index in [1.54, 1.807) is 6.33 Å². The second-order valence-corrected chi connectivity index (χ2v) is 2.94. The number of hydrogen-bond donors (Lipinski definition) is 1. The third kappa shape index (κ3) is 1.31. The Hall–Kier alpha value is -1.36. The van der Waals surface area contributed by atoms with Gasteiger partial charge in [0.1, 0.15) is 11.8 Å². The second-order valence-electron chi connectivity index (χ2n) is 2.56. The summed E-state index contributed by atoms with van der Waals surface area (Å²) >= 11 is 5.61. The number of aromatic nitrogens is 4. The molecule has 2 aromatic heterocycles. The second kappa shape index (κ2) is 3.18. The maximum Gasteiger partial charge on any atom is 0.165 e. The summed E-state index contributed by atoms with van der Waals surface area (Å²) in [6.07, 6.45) is 3.09. The number of rotatable bonds is 2. The number of fused-ring (bicyclic) bond motifs is 1. The first-order valence-electron chi connectivity index (χ1n) is 3.80. The summed E-state index contributed by atoms with van der Waals surface area (Å²) in [5, 5.41) is 0. The summed E-state index contributed by atoms with van der Waals surface area (Å²) < 4.78 is 1.85. The summed E-state index contributed by atoms with van der Waals surface area (Å²) in [5.74, 6) is 0.924. The Morgan fingerprint density at radius 1 is 1.38 bits per heavy atom. The highest BCUT2D eigenvalue weighted by Gasteiger charge is 2.06. The fourth-order valence-electron chi connectivity index (χ4n) is 1.15. The van der Waals surface area contributed by atoms with Gasteiger partial charge in [0.25, 0.3) is 0 Å². The smallest absolute Gasteiger partial charge is 0.165 e. The number of nitrogens with zero attached hydrogens (tertiary/aromatic N) is 4. The number of nitrogens with two attached hydrogens (primary N) is 1. The number of anilines is 1. The van der Waals surface area contributed by atoms with Gasteiger partial charge < -0.3 is 10.3 Å². The molecule has 2 heterocycles. The van der Waals surface area contributed by atoms with Crippen molar-refractivity contribution in [2.75, 3.05) is 11.6 Å². The Balaban J connectivity index is 2.61. The lowest BCUT2D eigenvalue weighted by Gasteiger charge is -1.98. The Morgan fingerprint density at radius 2 is 2.23 bits per heavy atom. The highest BCUT2D eigenvalue weighted by Crippen LogP contribution is 2.13. The monoisotopic (exact) mass is 197 g/mol. The summed E-state index contributed by atoms with van der Waals surface area (Å²) in [6, 6.07) is 0. The summed E-state index contributed by atoms with van der Waals surface area (Å²) in [6.45, 7) is 0.675. The van der Waals surface area contributed by atoms with Crippen LogP contribution in [0.2, 0.25) is 0 Å². The van der Waals surface area contributed by atoms with Gasteiger partial charge in [0.05, 0.1) is 6.33 Å². The molecule has 13 heavy (non-hydrogen) atoms. The zero-order chi connectivity index (χ0) is 9.26. The van der Waals surface area contributed by atoms with Gasteiger partial charge in [-0.15, -0.1) is 11.6 Å². The topological polar surface area (TPSA) is 69.6 Å². The van der Waals surface area contributed by atoms with Gasteiger partial charge in [0.2, 0.25) is 0 Å². The van der Waals surface area contributed by atoms with E-state index in [9.17, 15) is 0 Å². The lowest BCUT2D eigenvalue weighted by molar-refractivity contribution is 0.783. The van der Waals surface area contributed by atoms with Crippen molar-refractivity contribution in [3.8, 4) is 0 Å². The van der Waals surface area contributed by atoms with Gasteiger partial charge in [-0.3, -0.25) is 0 Å². The Morgan fingerprint density at radius 3 is 3.00 bits per heavy atom. The molecule has 2 aromatic rings. The maximum absolute atomic E-state index is 5.61. The van der Waals surface area contributed by atoms with Crippen molar-refractivity contribution in [2.24, 2.45) is 0 Å². The third-order valence-electron chi connectivity index (χ3n) is 1.75. The maximum atomic E-state index is 5.61. The zero-order valence-corrected chi connectivity index (χ0v) is 7.57. The Kier molecular flexibility index (Phi) is 2.02. The summed E-state index contributed by atoms with van der Waals surface area (Å²) in [7, 11) is 0. The summed E-state index contributed by atoms with van der Waals surface area (Å²) in [5.41, 5.74) is 6.97. The molecule has 68 valence electrons. The van der Waals surface area contributed by atoms with E-state index in [2.05, 4.69) is 15.0 Å². The molecule has 2 rings (SSSR count). The zero-order valence-electron chi connectivity index (χ0n) is 6.81. The molecule has 0 amide bonds. The largest absolute Gasteiger partial charge is 0.382 e. The molecule has 0 atom stereocenters. The molecule has 0 fully saturated rings. The standard InChI is InChI=1S/C7H8ClN5/c8-1-2-13-4-12-5-6(9)10-3-11-7(5)13/h3-4H,1-2H2,(H2,9,10,11). The normalized spacial score (nSPS) is 10.8. The molecule has 0 saturated heterocycles. The van der Waals surface area contributed by atoms with Gasteiger partial charge >= 0.3 is 0 Å². The van der Waals surface area contributed by atoms with Crippen molar-refractivity contribution in [3.63, 3.8) is 0 Å². The molecule has 5 nitrogen and oxygen atoms in total. The van der Waals surface area contributed by atoms with E-state index in [4.69, 9.17) is 17.3 Å². The fourth-order valence-corrected chi connectivity index (χ4v) is 1.34. The Bertz CT molecular complexity index is 424. The first kappa shape index (κ1) is 8.25. The average molecular weight is 198 g/mol. The van der Waals surface area contributed by atoms with Gasteiger partial charge in [-0.2, -0.15) is 0 Å². The predicted molar refractivity (Wildman–Crippen MR) is 50.5 cm³/mol. The number of alkyl halides is 1. The first-order chi connectivity index (χ1) is 6.33. The van der Waals surface area contributed by atoms with Crippen LogP contribution in [-0.2, 0) is 6.54 Å². The lowest BCUT2D eigenvalue weighted by atomic mass is 10.5. The molecular weight excluding hydrogens is 190 g/mol. The molecule has 0 radical (unpaired) electrons. The molecular formula is C7H8ClN5. The molecule has 0 saturated carbocycles. The van der Waals surface area contributed by atoms with Gasteiger partial charge in [0, 0.05) is 12.4 Å². The van der Waals surface area contributed by atoms with Crippen LogP contribution in [0.1, 0.15) is 0 Å². The molecule has 0 aromatic carbocycles. The van der Waals surface area contributed by atoms with E-state index in [1.807, 2.05) is 4.57 Å². The molecule has 0 aliphatic rings. The van der Waals surface area contributed by atoms with E-state index < -0.39 is 0 Å². The van der Waals surface area contributed by atoms with Crippen LogP contribution in [0, 0.1) is 0 Å². The van der Waals surface area contributed by atoms with Crippen LogP contribution in [0.4, 0.5) is 5.82 Å². The molecule has 0 aliphatic heterocycles. The predicted octanol–water partition coefficient (Wildman–Crippen LogP) is 0.647. The third-order valence-corrected chi connectivity index (χ3v) is 1.92. The van der Waals surface area contributed by atoms with Crippen molar-refractivity contribution in [2.45, 2.75) is 6.54 Å². The minimum absolute atomic E-state index is 0.401. The van der Waals surface area contributed by atoms with E-state index in [0.29, 0.717) is 23.8 Å². The van der Waals surface area contributed by atoms with Crippen LogP contribution in [0.3, 0.4) is 0 Å². The van der Waals surface area contributed by atoms with E-state index in [1.165, 1.54) is 6.33 Å². The van der Waals surface area contributed by atoms with Crippen LogP contribution in [0.25, 0.3) is 11.2 Å². The summed E-state index contributed by atoms with van der Waals surface area (Å²) in [4.78, 5) is 12.0. The Labute approximate surface area is 79.6 Å². The number of nitrogen functional groups attached to an aromatic ring is 1. The van der Waals surface area contributed by atoms with Gasteiger partial charge in [-0.1, -0.05) is 0 Å². The minimum Gasteiger partial charge on any atom is -0.382 e. The molecule has 0 bridgehead atoms. The molecule has 0 unspecified atom stereocenters. The van der Waals surface area contributed by atoms with Crippen LogP contribution < -0.4 is 5.73 Å². The number of imidazole rings is 1. The van der Waals surface area contributed by atoms with Crippen LogP contribution in [-0.4, -0.2) is 25.4 Å². The van der Waals surface area contributed by atoms with Crippen molar-refractivity contribution in [1.29, 1.82) is 0 Å². The van der Waals surface area contributed by atoms with E-state index in [0.717, 1.165) is 5.65 Å². The van der Waals surface area contributed by atoms with Crippen molar-refractivity contribution in [1.82, 2.24) is 19.5 Å². The van der Waals surface area contributed by atoms with E-state index >= 15 is 0 Å². The molecule has 2 N–H and O–H groups in total. The average Bonchev–Trinajstić information content (AvgIpc) is 2.51. The van der Waals surface area contributed by atoms with Crippen LogP contribution in [0.5, 0.6) is 0 Å². The van der Waals surface area contributed by atoms with Gasteiger partial charge in [0.15, 0.2) is 11.5 Å². The highest BCUT2D eigenvalue weighted by atomic mass is 35.5. The quantitative estimate of drug-likeness (QED) is 0.718. The fraction of sp³-hybridized carbons (Fsp3) is 0.286. The SMILES string of the molecule is Nc1ncnc2c1ncn2CCCl. The first-order valence-corrected chi connectivity index (χ1v) is 4.33. The molecule has 0 aliphatic carbocycles. The number of aryl methyl sites for hydroxylation is 1. The van der Waals surface area contributed by atoms with Crippen LogP contribution in [0.15, 0.2) is 12.7 Å².